The molecule has 4 atom stereocenters. The molecule has 2 saturated carbocycles. The fraction of sp³-hybridized carbons (Fsp3) is 0.639. The van der Waals surface area contributed by atoms with Gasteiger partial charge in [-0.05, 0) is 86.5 Å². The topological polar surface area (TPSA) is 26.3 Å². The largest absolute Gasteiger partial charge is 0.461 e. The Labute approximate surface area is 237 Å². The van der Waals surface area contributed by atoms with Gasteiger partial charge in [0.05, 0.1) is 5.41 Å². The van der Waals surface area contributed by atoms with E-state index in [1.165, 1.54) is 69.8 Å². The fourth-order valence-corrected chi connectivity index (χ4v) is 7.31. The van der Waals surface area contributed by atoms with Crippen molar-refractivity contribution in [2.45, 2.75) is 128 Å². The second-order valence-corrected chi connectivity index (χ2v) is 12.8. The number of hydrogen-bond acceptors (Lipinski definition) is 2. The van der Waals surface area contributed by atoms with E-state index in [0.29, 0.717) is 17.8 Å². The molecule has 39 heavy (non-hydrogen) atoms. The van der Waals surface area contributed by atoms with E-state index < -0.39 is 5.41 Å². The predicted octanol–water partition coefficient (Wildman–Crippen LogP) is 9.99. The number of rotatable bonds is 10. The molecule has 2 fully saturated rings. The van der Waals surface area contributed by atoms with Crippen LogP contribution in [0.3, 0.4) is 0 Å². The van der Waals surface area contributed by atoms with E-state index in [-0.39, 0.29) is 17.9 Å². The van der Waals surface area contributed by atoms with Gasteiger partial charge in [-0.15, -0.1) is 0 Å². The van der Waals surface area contributed by atoms with Crippen molar-refractivity contribution in [3.63, 3.8) is 0 Å². The molecule has 0 spiro atoms. The van der Waals surface area contributed by atoms with Crippen molar-refractivity contribution in [1.29, 1.82) is 0 Å². The number of halogens is 1. The summed E-state index contributed by atoms with van der Waals surface area (Å²) in [5.41, 5.74) is 1.74. The third kappa shape index (κ3) is 8.66. The molecule has 0 aromatic heterocycles. The minimum atomic E-state index is -0.594. The first-order valence-electron chi connectivity index (χ1n) is 16.0. The molecule has 2 aliphatic carbocycles. The van der Waals surface area contributed by atoms with Crippen LogP contribution in [0, 0.1) is 23.6 Å². The molecule has 3 heteroatoms. The Kier molecular flexibility index (Phi) is 11.5. The average molecular weight is 535 g/mol. The van der Waals surface area contributed by atoms with Crippen LogP contribution in [-0.2, 0) is 21.4 Å². The molecule has 214 valence electrons. The van der Waals surface area contributed by atoms with E-state index in [4.69, 9.17) is 4.74 Å². The van der Waals surface area contributed by atoms with Gasteiger partial charge in [0, 0.05) is 0 Å². The van der Waals surface area contributed by atoms with Crippen molar-refractivity contribution >= 4 is 5.97 Å². The quantitative estimate of drug-likeness (QED) is 0.224. The van der Waals surface area contributed by atoms with E-state index in [9.17, 15) is 9.18 Å². The third-order valence-corrected chi connectivity index (χ3v) is 9.86. The molecule has 0 N–H and O–H groups in total. The predicted molar refractivity (Wildman–Crippen MR) is 159 cm³/mol. The molecule has 4 rings (SSSR count). The maximum Gasteiger partial charge on any atom is 0.316 e. The molecule has 2 aliphatic rings. The Balaban J connectivity index is 1.40. The molecule has 2 aromatic carbocycles. The number of carbonyl (C=O) groups excluding carboxylic acids is 1. The molecule has 0 radical (unpaired) electrons. The minimum Gasteiger partial charge on any atom is -0.461 e. The molecule has 0 amide bonds. The van der Waals surface area contributed by atoms with Crippen LogP contribution >= 0.6 is 0 Å². The SMILES string of the molecule is CCC(OC(=O)C(C)(CC1CCCCCC1)c1ccccc1)C1CCCCC(CCc2ccc(F)cc2)CC1. The van der Waals surface area contributed by atoms with E-state index in [1.54, 1.807) is 12.1 Å². The van der Waals surface area contributed by atoms with Crippen molar-refractivity contribution in [2.75, 3.05) is 0 Å². The molecular formula is C36H51FO2. The Bertz CT molecular complexity index is 979. The van der Waals surface area contributed by atoms with Crippen LogP contribution in [-0.4, -0.2) is 12.1 Å². The van der Waals surface area contributed by atoms with Crippen LogP contribution in [0.25, 0.3) is 0 Å². The molecule has 0 aliphatic heterocycles. The zero-order valence-electron chi connectivity index (χ0n) is 24.5. The molecule has 2 aromatic rings. The summed E-state index contributed by atoms with van der Waals surface area (Å²) in [6.07, 6.45) is 18.8. The van der Waals surface area contributed by atoms with Crippen molar-refractivity contribution < 1.29 is 13.9 Å². The summed E-state index contributed by atoms with van der Waals surface area (Å²) in [4.78, 5) is 14.1. The maximum atomic E-state index is 14.1. The van der Waals surface area contributed by atoms with Gasteiger partial charge in [0.1, 0.15) is 11.9 Å². The highest BCUT2D eigenvalue weighted by molar-refractivity contribution is 5.83. The lowest BCUT2D eigenvalue weighted by atomic mass is 9.73. The summed E-state index contributed by atoms with van der Waals surface area (Å²) < 4.78 is 19.8. The maximum absolute atomic E-state index is 14.1. The third-order valence-electron chi connectivity index (χ3n) is 9.86. The lowest BCUT2D eigenvalue weighted by Crippen LogP contribution is -2.40. The molecule has 2 nitrogen and oxygen atoms in total. The highest BCUT2D eigenvalue weighted by Crippen LogP contribution is 2.39. The smallest absolute Gasteiger partial charge is 0.316 e. The summed E-state index contributed by atoms with van der Waals surface area (Å²) >= 11 is 0. The van der Waals surface area contributed by atoms with Gasteiger partial charge in [0.15, 0.2) is 0 Å². The highest BCUT2D eigenvalue weighted by atomic mass is 19.1. The van der Waals surface area contributed by atoms with Crippen molar-refractivity contribution in [1.82, 2.24) is 0 Å². The van der Waals surface area contributed by atoms with E-state index in [2.05, 4.69) is 38.1 Å². The first kappa shape index (κ1) is 29.8. The Hall–Kier alpha value is -2.16. The first-order chi connectivity index (χ1) is 19.0. The van der Waals surface area contributed by atoms with Crippen LogP contribution in [0.4, 0.5) is 4.39 Å². The minimum absolute atomic E-state index is 0.00878. The lowest BCUT2D eigenvalue weighted by Gasteiger charge is -2.36. The summed E-state index contributed by atoms with van der Waals surface area (Å²) in [6.45, 7) is 4.33. The second kappa shape index (κ2) is 15.0. The number of ether oxygens (including phenoxy) is 1. The molecule has 0 bridgehead atoms. The molecule has 0 heterocycles. The van der Waals surface area contributed by atoms with Gasteiger partial charge in [-0.1, -0.05) is 114 Å². The van der Waals surface area contributed by atoms with Crippen molar-refractivity contribution in [2.24, 2.45) is 17.8 Å². The van der Waals surface area contributed by atoms with Crippen LogP contribution in [0.5, 0.6) is 0 Å². The summed E-state index contributed by atoms with van der Waals surface area (Å²) in [7, 11) is 0. The summed E-state index contributed by atoms with van der Waals surface area (Å²) in [6, 6.07) is 17.4. The van der Waals surface area contributed by atoms with Crippen LogP contribution in [0.15, 0.2) is 54.6 Å². The van der Waals surface area contributed by atoms with E-state index in [1.807, 2.05) is 18.2 Å². The number of hydrogen-bond donors (Lipinski definition) is 0. The number of aryl methyl sites for hydroxylation is 1. The molecule has 0 saturated heterocycles. The second-order valence-electron chi connectivity index (χ2n) is 12.8. The Morgan fingerprint density at radius 2 is 1.49 bits per heavy atom. The lowest BCUT2D eigenvalue weighted by molar-refractivity contribution is -0.160. The van der Waals surface area contributed by atoms with Crippen molar-refractivity contribution in [3.05, 3.63) is 71.5 Å². The standard InChI is InChI=1S/C36H51FO2/c1-3-34(31-16-12-11-13-28(21-24-31)19-20-29-22-25-33(37)26-23-29)39-35(38)36(2,32-17-9-6-10-18-32)27-30-14-7-4-5-8-15-30/h6,9-10,17-18,22-23,25-26,28,30-31,34H,3-5,7-8,11-16,19-21,24,27H2,1-2H3. The average Bonchev–Trinajstić information content (AvgIpc) is 3.21. The summed E-state index contributed by atoms with van der Waals surface area (Å²) in [5, 5.41) is 0. The van der Waals surface area contributed by atoms with Gasteiger partial charge in [-0.2, -0.15) is 0 Å². The van der Waals surface area contributed by atoms with Gasteiger partial charge in [-0.25, -0.2) is 4.39 Å². The van der Waals surface area contributed by atoms with Crippen LogP contribution in [0.2, 0.25) is 0 Å². The molecule has 4 unspecified atom stereocenters. The van der Waals surface area contributed by atoms with E-state index >= 15 is 0 Å². The van der Waals surface area contributed by atoms with Gasteiger partial charge in [0.25, 0.3) is 0 Å². The highest BCUT2D eigenvalue weighted by Gasteiger charge is 2.41. The van der Waals surface area contributed by atoms with Crippen LogP contribution < -0.4 is 0 Å². The zero-order valence-corrected chi connectivity index (χ0v) is 24.5. The number of benzene rings is 2. The van der Waals surface area contributed by atoms with E-state index in [0.717, 1.165) is 44.1 Å². The zero-order chi connectivity index (χ0) is 27.5. The van der Waals surface area contributed by atoms with Gasteiger partial charge >= 0.3 is 5.97 Å². The van der Waals surface area contributed by atoms with Crippen molar-refractivity contribution in [3.8, 4) is 0 Å². The fourth-order valence-electron chi connectivity index (χ4n) is 7.31. The van der Waals surface area contributed by atoms with Gasteiger partial charge < -0.3 is 4.74 Å². The number of carbonyl (C=O) groups is 1. The Morgan fingerprint density at radius 1 is 0.846 bits per heavy atom. The van der Waals surface area contributed by atoms with Gasteiger partial charge in [0.2, 0.25) is 0 Å². The first-order valence-corrected chi connectivity index (χ1v) is 16.0. The van der Waals surface area contributed by atoms with Crippen LogP contribution in [0.1, 0.15) is 121 Å². The normalized spacial score (nSPS) is 23.6. The van der Waals surface area contributed by atoms with Gasteiger partial charge in [-0.3, -0.25) is 4.79 Å². The monoisotopic (exact) mass is 534 g/mol. The number of esters is 1. The molecular weight excluding hydrogens is 483 g/mol. The Morgan fingerprint density at radius 3 is 2.18 bits per heavy atom. The summed E-state index contributed by atoms with van der Waals surface area (Å²) in [5.74, 6) is 1.54.